The second kappa shape index (κ2) is 15.1. The molecule has 2 aliphatic heterocycles. The molecule has 0 saturated carbocycles. The summed E-state index contributed by atoms with van der Waals surface area (Å²) in [4.78, 5) is 17.5. The van der Waals surface area contributed by atoms with Gasteiger partial charge in [-0.15, -0.1) is 0 Å². The second-order valence-electron chi connectivity index (χ2n) is 11.8. The predicted octanol–water partition coefficient (Wildman–Crippen LogP) is 6.31. The molecule has 0 bridgehead atoms. The van der Waals surface area contributed by atoms with Gasteiger partial charge in [0, 0.05) is 126 Å². The fourth-order valence-electron chi connectivity index (χ4n) is 6.24. The number of hydrogen-bond acceptors (Lipinski definition) is 5. The van der Waals surface area contributed by atoms with Gasteiger partial charge in [-0.05, 0) is 48.4 Å². The summed E-state index contributed by atoms with van der Waals surface area (Å²) in [6.45, 7) is 9.21. The van der Waals surface area contributed by atoms with Crippen LogP contribution in [-0.4, -0.2) is 78.7 Å². The van der Waals surface area contributed by atoms with Crippen molar-refractivity contribution in [2.75, 3.05) is 52.4 Å². The molecule has 1 aromatic heterocycles. The molecule has 1 amide bonds. The zero-order valence-electron chi connectivity index (χ0n) is 25.1. The molecule has 1 unspecified atom stereocenters. The highest BCUT2D eigenvalue weighted by atomic mass is 35.5. The van der Waals surface area contributed by atoms with Crippen LogP contribution in [0.1, 0.15) is 17.5 Å². The van der Waals surface area contributed by atoms with Gasteiger partial charge in [0.05, 0.1) is 6.04 Å². The first-order valence-electron chi connectivity index (χ1n) is 15.5. The molecule has 2 aliphatic rings. The van der Waals surface area contributed by atoms with E-state index < -0.39 is 0 Å². The van der Waals surface area contributed by atoms with Crippen molar-refractivity contribution in [3.63, 3.8) is 0 Å². The Labute approximate surface area is 284 Å². The Morgan fingerprint density at radius 3 is 2.31 bits per heavy atom. The summed E-state index contributed by atoms with van der Waals surface area (Å²) >= 11 is 25.8. The van der Waals surface area contributed by atoms with Crippen molar-refractivity contribution in [3.05, 3.63) is 92.0 Å². The van der Waals surface area contributed by atoms with Crippen molar-refractivity contribution in [2.45, 2.75) is 32.1 Å². The zero-order chi connectivity index (χ0) is 31.3. The first-order chi connectivity index (χ1) is 21.9. The summed E-state index contributed by atoms with van der Waals surface area (Å²) in [7, 11) is 0. The molecule has 3 N–H and O–H groups in total. The highest BCUT2D eigenvalue weighted by Gasteiger charge is 2.21. The van der Waals surface area contributed by atoms with Crippen LogP contribution in [0.25, 0.3) is 22.0 Å². The highest BCUT2D eigenvalue weighted by molar-refractivity contribution is 6.37. The number of piperazine rings is 2. The van der Waals surface area contributed by atoms with Gasteiger partial charge in [0.1, 0.15) is 0 Å². The Morgan fingerprint density at radius 2 is 1.60 bits per heavy atom. The molecule has 2 fully saturated rings. The molecule has 3 aromatic carbocycles. The molecule has 6 rings (SSSR count). The molecule has 0 radical (unpaired) electrons. The van der Waals surface area contributed by atoms with Gasteiger partial charge in [-0.1, -0.05) is 64.6 Å². The minimum Gasteiger partial charge on any atom is -0.355 e. The number of aromatic nitrogens is 1. The summed E-state index contributed by atoms with van der Waals surface area (Å²) < 4.78 is 2.27. The van der Waals surface area contributed by atoms with Crippen molar-refractivity contribution in [3.8, 4) is 11.1 Å². The van der Waals surface area contributed by atoms with Crippen LogP contribution in [0.15, 0.2) is 60.8 Å². The van der Waals surface area contributed by atoms with E-state index in [4.69, 9.17) is 46.4 Å². The number of halogens is 4. The van der Waals surface area contributed by atoms with E-state index in [9.17, 15) is 4.79 Å². The van der Waals surface area contributed by atoms with Crippen molar-refractivity contribution in [1.29, 1.82) is 0 Å². The number of rotatable bonds is 10. The lowest BCUT2D eigenvalue weighted by molar-refractivity contribution is -0.123. The number of fused-ring (bicyclic) bond motifs is 1. The summed E-state index contributed by atoms with van der Waals surface area (Å²) in [5.74, 6) is 0.0475. The first-order valence-corrected chi connectivity index (χ1v) is 17.0. The third-order valence-corrected chi connectivity index (χ3v) is 9.97. The minimum atomic E-state index is -0.174. The summed E-state index contributed by atoms with van der Waals surface area (Å²) in [5.41, 5.74) is 5.44. The molecule has 4 aromatic rings. The van der Waals surface area contributed by atoms with Gasteiger partial charge < -0.3 is 20.5 Å². The van der Waals surface area contributed by atoms with Gasteiger partial charge in [0.25, 0.3) is 0 Å². The summed E-state index contributed by atoms with van der Waals surface area (Å²) in [6, 6.07) is 17.9. The van der Waals surface area contributed by atoms with Gasteiger partial charge >= 0.3 is 0 Å². The van der Waals surface area contributed by atoms with Crippen molar-refractivity contribution >= 4 is 63.2 Å². The molecule has 7 nitrogen and oxygen atoms in total. The molecule has 0 spiro atoms. The minimum absolute atomic E-state index is 0.0475. The average molecular weight is 689 g/mol. The van der Waals surface area contributed by atoms with E-state index >= 15 is 0 Å². The Kier molecular flexibility index (Phi) is 10.9. The third-order valence-electron chi connectivity index (χ3n) is 8.71. The Bertz CT molecular complexity index is 1630. The SMILES string of the molecule is O=C(NCCCn1cc(-c2ccc(Cl)cc2Cl)c2cc(CN3CCN(Cc4c(Cl)cccc4Cl)CC3)ccc21)C1CNCCN1. The number of amides is 1. The van der Waals surface area contributed by atoms with Crippen LogP contribution in [0, 0.1) is 0 Å². The van der Waals surface area contributed by atoms with Gasteiger partial charge in [-0.25, -0.2) is 0 Å². The molecule has 45 heavy (non-hydrogen) atoms. The van der Waals surface area contributed by atoms with E-state index in [1.165, 1.54) is 5.56 Å². The van der Waals surface area contributed by atoms with E-state index in [-0.39, 0.29) is 11.9 Å². The number of benzene rings is 3. The molecule has 2 saturated heterocycles. The van der Waals surface area contributed by atoms with Gasteiger partial charge in [0.15, 0.2) is 0 Å². The number of hydrogen-bond donors (Lipinski definition) is 3. The standard InChI is InChI=1S/C34H38Cl4N6O/c35-24-6-7-25(31(38)18-24)27-22-44(12-2-9-41-34(45)32-19-39-10-11-40-32)33-8-5-23(17-26(27)33)20-42-13-15-43(16-14-42)21-28-29(36)3-1-4-30(28)37/h1,3-8,17-18,22,32,39-40H,2,9-16,19-21H2,(H,41,45). The maximum atomic E-state index is 12.5. The molecule has 1 atom stereocenters. The summed E-state index contributed by atoms with van der Waals surface area (Å²) in [5, 5.41) is 13.5. The lowest BCUT2D eigenvalue weighted by Crippen LogP contribution is -2.55. The predicted molar refractivity (Wildman–Crippen MR) is 187 cm³/mol. The van der Waals surface area contributed by atoms with E-state index in [0.29, 0.717) is 23.1 Å². The molecule has 11 heteroatoms. The topological polar surface area (TPSA) is 64.6 Å². The van der Waals surface area contributed by atoms with Gasteiger partial charge in [-0.2, -0.15) is 0 Å². The summed E-state index contributed by atoms with van der Waals surface area (Å²) in [6.07, 6.45) is 2.99. The van der Waals surface area contributed by atoms with Crippen molar-refractivity contribution < 1.29 is 4.79 Å². The molecule has 238 valence electrons. The van der Waals surface area contributed by atoms with E-state index in [1.807, 2.05) is 30.3 Å². The highest BCUT2D eigenvalue weighted by Crippen LogP contribution is 2.37. The van der Waals surface area contributed by atoms with Crippen LogP contribution >= 0.6 is 46.4 Å². The van der Waals surface area contributed by atoms with Crippen LogP contribution < -0.4 is 16.0 Å². The number of carbonyl (C=O) groups is 1. The quantitative estimate of drug-likeness (QED) is 0.171. The smallest absolute Gasteiger partial charge is 0.238 e. The maximum absolute atomic E-state index is 12.5. The Morgan fingerprint density at radius 1 is 0.844 bits per heavy atom. The van der Waals surface area contributed by atoms with Crippen LogP contribution in [0.3, 0.4) is 0 Å². The number of carbonyl (C=O) groups excluding carboxylic acids is 1. The molecule has 0 aliphatic carbocycles. The van der Waals surface area contributed by atoms with Crippen molar-refractivity contribution in [1.82, 2.24) is 30.3 Å². The number of nitrogens with one attached hydrogen (secondary N) is 3. The van der Waals surface area contributed by atoms with Gasteiger partial charge in [0.2, 0.25) is 5.91 Å². The zero-order valence-corrected chi connectivity index (χ0v) is 28.1. The second-order valence-corrected chi connectivity index (χ2v) is 13.5. The fourth-order valence-corrected chi connectivity index (χ4v) is 7.27. The van der Waals surface area contributed by atoms with Crippen LogP contribution in [-0.2, 0) is 24.4 Å². The Balaban J connectivity index is 1.14. The average Bonchev–Trinajstić information content (AvgIpc) is 3.39. The number of aryl methyl sites for hydroxylation is 1. The van der Waals surface area contributed by atoms with Gasteiger partial charge in [-0.3, -0.25) is 14.6 Å². The van der Waals surface area contributed by atoms with E-state index in [2.05, 4.69) is 54.7 Å². The van der Waals surface area contributed by atoms with E-state index in [1.54, 1.807) is 6.07 Å². The third kappa shape index (κ3) is 7.98. The van der Waals surface area contributed by atoms with Crippen molar-refractivity contribution in [2.24, 2.45) is 0 Å². The molecular weight excluding hydrogens is 650 g/mol. The fraction of sp³-hybridized carbons (Fsp3) is 0.382. The van der Waals surface area contributed by atoms with Crippen LogP contribution in [0.2, 0.25) is 20.1 Å². The monoisotopic (exact) mass is 686 g/mol. The molecule has 3 heterocycles. The lowest BCUT2D eigenvalue weighted by Gasteiger charge is -2.35. The number of nitrogens with zero attached hydrogens (tertiary/aromatic N) is 3. The van der Waals surface area contributed by atoms with Crippen LogP contribution in [0.4, 0.5) is 0 Å². The molecular formula is C34H38Cl4N6O. The van der Waals surface area contributed by atoms with E-state index in [0.717, 1.165) is 103 Å². The first kappa shape index (κ1) is 32.6. The largest absolute Gasteiger partial charge is 0.355 e. The lowest BCUT2D eigenvalue weighted by atomic mass is 10.0. The normalized spacial score (nSPS) is 18.0. The Hall–Kier alpha value is -2.33. The van der Waals surface area contributed by atoms with Crippen LogP contribution in [0.5, 0.6) is 0 Å². The maximum Gasteiger partial charge on any atom is 0.238 e.